The molecule has 4 fully saturated rings. The Morgan fingerprint density at radius 2 is 1.52 bits per heavy atom. The molecule has 0 spiro atoms. The molecule has 4 rings (SSSR count). The Kier molecular flexibility index (Phi) is 7.04. The van der Waals surface area contributed by atoms with E-state index < -0.39 is 0 Å². The van der Waals surface area contributed by atoms with Gasteiger partial charge >= 0.3 is 0 Å². The molecule has 0 heterocycles. The van der Waals surface area contributed by atoms with E-state index in [9.17, 15) is 5.11 Å². The second-order valence-electron chi connectivity index (χ2n) is 13.3. The average molecular weight is 429 g/mol. The second-order valence-corrected chi connectivity index (χ2v) is 13.3. The molecule has 1 nitrogen and oxygen atoms in total. The van der Waals surface area contributed by atoms with E-state index in [4.69, 9.17) is 0 Å². The summed E-state index contributed by atoms with van der Waals surface area (Å²) in [4.78, 5) is 0. The topological polar surface area (TPSA) is 20.2 Å². The minimum Gasteiger partial charge on any atom is -0.393 e. The summed E-state index contributed by atoms with van der Waals surface area (Å²) in [5, 5.41) is 10.8. The van der Waals surface area contributed by atoms with Gasteiger partial charge in [-0.2, -0.15) is 0 Å². The number of fused-ring (bicyclic) bond motifs is 5. The first-order valence-corrected chi connectivity index (χ1v) is 14.0. The van der Waals surface area contributed by atoms with Crippen LogP contribution in [-0.2, 0) is 0 Å². The summed E-state index contributed by atoms with van der Waals surface area (Å²) < 4.78 is 0. The van der Waals surface area contributed by atoms with Gasteiger partial charge in [0.1, 0.15) is 0 Å². The number of allylic oxidation sites excluding steroid dienone is 1. The molecule has 0 aliphatic heterocycles. The molecule has 1 N–H and O–H groups in total. The molecule has 31 heavy (non-hydrogen) atoms. The summed E-state index contributed by atoms with van der Waals surface area (Å²) in [6, 6.07) is 0. The predicted octanol–water partition coefficient (Wildman–Crippen LogP) is 8.27. The fourth-order valence-corrected chi connectivity index (χ4v) is 9.92. The average Bonchev–Trinajstić information content (AvgIpc) is 3.07. The lowest BCUT2D eigenvalue weighted by atomic mass is 9.43. The zero-order valence-electron chi connectivity index (χ0n) is 21.6. The van der Waals surface area contributed by atoms with Gasteiger partial charge in [0.15, 0.2) is 0 Å². The van der Waals surface area contributed by atoms with Gasteiger partial charge in [-0.1, -0.05) is 66.0 Å². The van der Waals surface area contributed by atoms with E-state index >= 15 is 0 Å². The van der Waals surface area contributed by atoms with Crippen molar-refractivity contribution in [2.45, 2.75) is 118 Å². The molecule has 0 radical (unpaired) electrons. The predicted molar refractivity (Wildman–Crippen MR) is 133 cm³/mol. The largest absolute Gasteiger partial charge is 0.393 e. The molecule has 0 bridgehead atoms. The van der Waals surface area contributed by atoms with Gasteiger partial charge < -0.3 is 5.11 Å². The van der Waals surface area contributed by atoms with Gasteiger partial charge in [0.2, 0.25) is 0 Å². The van der Waals surface area contributed by atoms with Crippen molar-refractivity contribution in [1.29, 1.82) is 0 Å². The van der Waals surface area contributed by atoms with Crippen molar-refractivity contribution in [3.8, 4) is 0 Å². The van der Waals surface area contributed by atoms with Gasteiger partial charge in [-0.15, -0.1) is 0 Å². The molecule has 0 amide bonds. The van der Waals surface area contributed by atoms with E-state index in [-0.39, 0.29) is 6.10 Å². The van der Waals surface area contributed by atoms with E-state index in [0.717, 1.165) is 41.9 Å². The third-order valence-corrected chi connectivity index (χ3v) is 11.4. The third-order valence-electron chi connectivity index (χ3n) is 11.4. The molecule has 0 aromatic heterocycles. The van der Waals surface area contributed by atoms with E-state index in [2.05, 4.69) is 53.7 Å². The highest BCUT2D eigenvalue weighted by Crippen LogP contribution is 2.69. The van der Waals surface area contributed by atoms with Crippen LogP contribution in [0.25, 0.3) is 0 Å². The number of rotatable bonds is 6. The fourth-order valence-electron chi connectivity index (χ4n) is 9.92. The molecule has 0 aromatic carbocycles. The molecule has 4 aliphatic carbocycles. The smallest absolute Gasteiger partial charge is 0.0605 e. The SMILES string of the molecule is CC=CC1C2CC[C@H]3[C@@H]4CC[C@H]([C@H](C)CCCC(C)C)[C@@]4(C)CC[C@@H]3[C@@]2(C)CC[C@H]1O. The maximum Gasteiger partial charge on any atom is 0.0605 e. The van der Waals surface area contributed by atoms with Crippen molar-refractivity contribution in [2.24, 2.45) is 58.2 Å². The van der Waals surface area contributed by atoms with Crippen LogP contribution in [0, 0.1) is 58.2 Å². The zero-order chi connectivity index (χ0) is 22.4. The standard InChI is InChI=1S/C30H52O/c1-7-9-23-26-13-12-22-25-15-14-24(21(4)11-8-10-20(2)3)29(25,5)18-16-27(22)30(26,6)19-17-28(23)31/h7,9,20-28,31H,8,10-19H2,1-6H3/t21-,22+,23?,24-,25+,26?,27+,28-,29-,30+/m1/s1. The van der Waals surface area contributed by atoms with Gasteiger partial charge in [0.05, 0.1) is 6.10 Å². The Morgan fingerprint density at radius 1 is 0.839 bits per heavy atom. The number of aliphatic hydroxyl groups excluding tert-OH is 1. The highest BCUT2D eigenvalue weighted by Gasteiger charge is 2.61. The lowest BCUT2D eigenvalue weighted by Crippen LogP contribution is -2.56. The summed E-state index contributed by atoms with van der Waals surface area (Å²) in [5.41, 5.74) is 1.05. The maximum absolute atomic E-state index is 10.8. The summed E-state index contributed by atoms with van der Waals surface area (Å²) in [6.07, 6.45) is 19.7. The summed E-state index contributed by atoms with van der Waals surface area (Å²) >= 11 is 0. The Bertz CT molecular complexity index is 636. The molecule has 1 heteroatoms. The molecule has 2 unspecified atom stereocenters. The van der Waals surface area contributed by atoms with Gasteiger partial charge in [0, 0.05) is 5.92 Å². The molecule has 10 atom stereocenters. The van der Waals surface area contributed by atoms with E-state index in [1.54, 1.807) is 0 Å². The van der Waals surface area contributed by atoms with Crippen molar-refractivity contribution in [3.63, 3.8) is 0 Å². The monoisotopic (exact) mass is 428 g/mol. The molecule has 4 saturated carbocycles. The van der Waals surface area contributed by atoms with Crippen LogP contribution in [0.15, 0.2) is 12.2 Å². The van der Waals surface area contributed by atoms with Crippen LogP contribution in [0.2, 0.25) is 0 Å². The van der Waals surface area contributed by atoms with Crippen molar-refractivity contribution < 1.29 is 5.11 Å². The first-order valence-electron chi connectivity index (χ1n) is 14.0. The van der Waals surface area contributed by atoms with E-state index in [1.165, 1.54) is 64.2 Å². The lowest BCUT2D eigenvalue weighted by molar-refractivity contribution is -0.144. The van der Waals surface area contributed by atoms with Crippen LogP contribution in [0.3, 0.4) is 0 Å². The van der Waals surface area contributed by atoms with Crippen LogP contribution in [0.5, 0.6) is 0 Å². The molecule has 4 aliphatic rings. The Morgan fingerprint density at radius 3 is 2.23 bits per heavy atom. The highest BCUT2D eigenvalue weighted by atomic mass is 16.3. The van der Waals surface area contributed by atoms with Crippen LogP contribution < -0.4 is 0 Å². The van der Waals surface area contributed by atoms with Crippen LogP contribution in [-0.4, -0.2) is 11.2 Å². The Balaban J connectivity index is 1.49. The summed E-state index contributed by atoms with van der Waals surface area (Å²) in [7, 11) is 0. The van der Waals surface area contributed by atoms with Gasteiger partial charge in [-0.3, -0.25) is 0 Å². The van der Waals surface area contributed by atoms with E-state index in [1.807, 2.05) is 0 Å². The number of aliphatic hydroxyl groups is 1. The summed E-state index contributed by atoms with van der Waals surface area (Å²) in [6.45, 7) is 14.8. The minimum absolute atomic E-state index is 0.109. The fraction of sp³-hybridized carbons (Fsp3) is 0.933. The zero-order valence-corrected chi connectivity index (χ0v) is 21.6. The number of hydrogen-bond donors (Lipinski definition) is 1. The normalized spacial score (nSPS) is 48.5. The summed E-state index contributed by atoms with van der Waals surface area (Å²) in [5.74, 6) is 6.63. The van der Waals surface area contributed by atoms with Crippen LogP contribution >= 0.6 is 0 Å². The van der Waals surface area contributed by atoms with Gasteiger partial charge in [-0.25, -0.2) is 0 Å². The molecular formula is C30H52O. The first-order chi connectivity index (χ1) is 14.7. The molecular weight excluding hydrogens is 376 g/mol. The maximum atomic E-state index is 10.8. The van der Waals surface area contributed by atoms with Crippen molar-refractivity contribution in [1.82, 2.24) is 0 Å². The number of hydrogen-bond acceptors (Lipinski definition) is 1. The quantitative estimate of drug-likeness (QED) is 0.422. The van der Waals surface area contributed by atoms with Gasteiger partial charge in [-0.05, 0) is 111 Å². The van der Waals surface area contributed by atoms with E-state index in [0.29, 0.717) is 22.7 Å². The minimum atomic E-state index is -0.109. The van der Waals surface area contributed by atoms with Crippen LogP contribution in [0.4, 0.5) is 0 Å². The molecule has 0 aromatic rings. The second kappa shape index (κ2) is 9.15. The first kappa shape index (κ1) is 23.8. The Hall–Kier alpha value is -0.300. The highest BCUT2D eigenvalue weighted by molar-refractivity contribution is 5.12. The van der Waals surface area contributed by atoms with Crippen molar-refractivity contribution >= 4 is 0 Å². The Labute approximate surface area is 193 Å². The molecule has 178 valence electrons. The van der Waals surface area contributed by atoms with Crippen LogP contribution in [0.1, 0.15) is 112 Å². The third kappa shape index (κ3) is 4.08. The lowest BCUT2D eigenvalue weighted by Gasteiger charge is -2.62. The van der Waals surface area contributed by atoms with Crippen molar-refractivity contribution in [2.75, 3.05) is 0 Å². The molecule has 0 saturated heterocycles. The van der Waals surface area contributed by atoms with Gasteiger partial charge in [0.25, 0.3) is 0 Å². The van der Waals surface area contributed by atoms with Crippen molar-refractivity contribution in [3.05, 3.63) is 12.2 Å².